The summed E-state index contributed by atoms with van der Waals surface area (Å²) in [4.78, 5) is 8.53. The molecule has 6 nitrogen and oxygen atoms in total. The normalized spacial score (nSPS) is 11.7. The van der Waals surface area contributed by atoms with Crippen LogP contribution in [0.4, 0.5) is 0 Å². The first kappa shape index (κ1) is 16.8. The van der Waals surface area contributed by atoms with E-state index < -0.39 is 0 Å². The molecule has 4 rings (SSSR count). The Balaban J connectivity index is 1.94. The minimum absolute atomic E-state index is 0.0197. The van der Waals surface area contributed by atoms with Gasteiger partial charge in [-0.2, -0.15) is 10.1 Å². The second kappa shape index (κ2) is 6.61. The summed E-state index contributed by atoms with van der Waals surface area (Å²) in [5, 5.41) is 16.2. The highest BCUT2D eigenvalue weighted by molar-refractivity contribution is 6.34. The van der Waals surface area contributed by atoms with Gasteiger partial charge in [0.05, 0.1) is 22.3 Å². The Morgan fingerprint density at radius 3 is 2.85 bits per heavy atom. The number of rotatable bonds is 5. The second-order valence-electron chi connectivity index (χ2n) is 6.47. The first-order chi connectivity index (χ1) is 12.6. The molecule has 3 heterocycles. The van der Waals surface area contributed by atoms with E-state index in [0.717, 1.165) is 46.8 Å². The van der Waals surface area contributed by atoms with Gasteiger partial charge in [-0.1, -0.05) is 43.5 Å². The third-order valence-electron chi connectivity index (χ3n) is 4.73. The molecule has 26 heavy (non-hydrogen) atoms. The predicted octanol–water partition coefficient (Wildman–Crippen LogP) is 4.53. The maximum atomic E-state index is 10.3. The van der Waals surface area contributed by atoms with Gasteiger partial charge in [-0.25, -0.2) is 4.98 Å². The Morgan fingerprint density at radius 1 is 1.19 bits per heavy atom. The van der Waals surface area contributed by atoms with E-state index in [9.17, 15) is 5.11 Å². The van der Waals surface area contributed by atoms with Gasteiger partial charge in [-0.05, 0) is 18.1 Å². The summed E-state index contributed by atoms with van der Waals surface area (Å²) < 4.78 is 3.65. The van der Waals surface area contributed by atoms with E-state index >= 15 is 0 Å². The number of hydrogen-bond acceptors (Lipinski definition) is 4. The number of hydrogen-bond donors (Lipinski definition) is 1. The SMILES string of the molecule is CCCCCn1c(O)nc2ncc(Cl)c(-c3ccc4cnn(C)c4c3)c21. The van der Waals surface area contributed by atoms with Crippen LogP contribution in [-0.2, 0) is 13.6 Å². The average molecular weight is 370 g/mol. The monoisotopic (exact) mass is 369 g/mol. The lowest BCUT2D eigenvalue weighted by molar-refractivity contribution is 0.397. The number of aromatic nitrogens is 5. The first-order valence-electron chi connectivity index (χ1n) is 8.76. The Labute approximate surface area is 156 Å². The van der Waals surface area contributed by atoms with Crippen LogP contribution < -0.4 is 0 Å². The van der Waals surface area contributed by atoms with Gasteiger partial charge in [0.1, 0.15) is 0 Å². The van der Waals surface area contributed by atoms with Gasteiger partial charge in [0.2, 0.25) is 0 Å². The van der Waals surface area contributed by atoms with E-state index in [2.05, 4.69) is 28.1 Å². The van der Waals surface area contributed by atoms with Crippen molar-refractivity contribution < 1.29 is 5.11 Å². The number of halogens is 1. The zero-order chi connectivity index (χ0) is 18.3. The molecule has 4 aromatic rings. The van der Waals surface area contributed by atoms with Gasteiger partial charge in [-0.15, -0.1) is 0 Å². The molecule has 0 fully saturated rings. The molecule has 0 amide bonds. The number of aromatic hydroxyl groups is 1. The summed E-state index contributed by atoms with van der Waals surface area (Å²) in [6.07, 6.45) is 6.58. The topological polar surface area (TPSA) is 68.8 Å². The van der Waals surface area contributed by atoms with Gasteiger partial charge < -0.3 is 5.11 Å². The van der Waals surface area contributed by atoms with Crippen molar-refractivity contribution in [3.8, 4) is 17.1 Å². The molecule has 134 valence electrons. The molecule has 0 radical (unpaired) electrons. The van der Waals surface area contributed by atoms with Crippen molar-refractivity contribution in [2.24, 2.45) is 7.05 Å². The lowest BCUT2D eigenvalue weighted by Crippen LogP contribution is -1.99. The molecule has 1 N–H and O–H groups in total. The van der Waals surface area contributed by atoms with Gasteiger partial charge in [0, 0.05) is 30.7 Å². The highest BCUT2D eigenvalue weighted by atomic mass is 35.5. The van der Waals surface area contributed by atoms with Gasteiger partial charge >= 0.3 is 0 Å². The van der Waals surface area contributed by atoms with E-state index in [1.165, 1.54) is 0 Å². The molecule has 0 aliphatic carbocycles. The van der Waals surface area contributed by atoms with Crippen LogP contribution in [0.15, 0.2) is 30.6 Å². The summed E-state index contributed by atoms with van der Waals surface area (Å²) in [5.74, 6) is 0. The predicted molar refractivity (Wildman–Crippen MR) is 103 cm³/mol. The second-order valence-corrected chi connectivity index (χ2v) is 6.87. The molecule has 0 saturated carbocycles. The van der Waals surface area contributed by atoms with Crippen LogP contribution in [0.3, 0.4) is 0 Å². The first-order valence-corrected chi connectivity index (χ1v) is 9.13. The number of fused-ring (bicyclic) bond motifs is 2. The number of nitrogens with zero attached hydrogens (tertiary/aromatic N) is 5. The summed E-state index contributed by atoms with van der Waals surface area (Å²) in [6.45, 7) is 2.83. The Kier molecular flexibility index (Phi) is 4.28. The number of aryl methyl sites for hydroxylation is 2. The Hall–Kier alpha value is -2.60. The minimum Gasteiger partial charge on any atom is -0.480 e. The summed E-state index contributed by atoms with van der Waals surface area (Å²) >= 11 is 6.54. The summed E-state index contributed by atoms with van der Waals surface area (Å²) in [7, 11) is 1.91. The molecule has 0 aliphatic rings. The number of pyridine rings is 1. The highest BCUT2D eigenvalue weighted by Crippen LogP contribution is 2.37. The third-order valence-corrected chi connectivity index (χ3v) is 5.01. The van der Waals surface area contributed by atoms with E-state index in [0.29, 0.717) is 17.2 Å². The molecule has 0 atom stereocenters. The zero-order valence-electron chi connectivity index (χ0n) is 14.8. The minimum atomic E-state index is -0.0197. The molecule has 7 heteroatoms. The molecule has 1 aromatic carbocycles. The van der Waals surface area contributed by atoms with Gasteiger partial charge in [-0.3, -0.25) is 9.25 Å². The number of benzene rings is 1. The van der Waals surface area contributed by atoms with E-state index in [1.807, 2.05) is 34.6 Å². The Morgan fingerprint density at radius 2 is 2.04 bits per heavy atom. The van der Waals surface area contributed by atoms with E-state index in [1.54, 1.807) is 6.20 Å². The van der Waals surface area contributed by atoms with Crippen LogP contribution in [-0.4, -0.2) is 29.4 Å². The zero-order valence-corrected chi connectivity index (χ0v) is 15.5. The van der Waals surface area contributed by atoms with Gasteiger partial charge in [0.25, 0.3) is 6.01 Å². The molecule has 0 spiro atoms. The van der Waals surface area contributed by atoms with Crippen LogP contribution in [0.2, 0.25) is 5.02 Å². The third kappa shape index (κ3) is 2.70. The van der Waals surface area contributed by atoms with E-state index in [4.69, 9.17) is 11.6 Å². The van der Waals surface area contributed by atoms with Crippen molar-refractivity contribution in [2.45, 2.75) is 32.7 Å². The maximum Gasteiger partial charge on any atom is 0.296 e. The largest absolute Gasteiger partial charge is 0.480 e. The van der Waals surface area contributed by atoms with Crippen LogP contribution in [0, 0.1) is 0 Å². The lowest BCUT2D eigenvalue weighted by Gasteiger charge is -2.11. The van der Waals surface area contributed by atoms with Crippen LogP contribution in [0.25, 0.3) is 33.2 Å². The fourth-order valence-corrected chi connectivity index (χ4v) is 3.61. The molecular formula is C19H20ClN5O. The van der Waals surface area contributed by atoms with Crippen molar-refractivity contribution in [1.82, 2.24) is 24.3 Å². The summed E-state index contributed by atoms with van der Waals surface area (Å²) in [5.41, 5.74) is 4.08. The molecule has 0 bridgehead atoms. The Bertz CT molecular complexity index is 1100. The van der Waals surface area contributed by atoms with Crippen LogP contribution in [0.1, 0.15) is 26.2 Å². The standard InChI is InChI=1S/C19H20ClN5O/c1-3-4-5-8-25-17-16(14(20)11-21-18(17)23-19(25)26)12-6-7-13-10-22-24(2)15(13)9-12/h6-7,9-11H,3-5,8H2,1-2H3,(H,21,23,26). The molecule has 0 saturated heterocycles. The maximum absolute atomic E-state index is 10.3. The van der Waals surface area contributed by atoms with Crippen molar-refractivity contribution in [3.63, 3.8) is 0 Å². The van der Waals surface area contributed by atoms with Crippen molar-refractivity contribution in [3.05, 3.63) is 35.6 Å². The van der Waals surface area contributed by atoms with Crippen LogP contribution in [0.5, 0.6) is 6.01 Å². The molecule has 3 aromatic heterocycles. The summed E-state index contributed by atoms with van der Waals surface area (Å²) in [6, 6.07) is 6.08. The van der Waals surface area contributed by atoms with E-state index in [-0.39, 0.29) is 6.01 Å². The lowest BCUT2D eigenvalue weighted by atomic mass is 10.0. The quantitative estimate of drug-likeness (QED) is 0.524. The van der Waals surface area contributed by atoms with Crippen molar-refractivity contribution in [1.29, 1.82) is 0 Å². The fraction of sp³-hybridized carbons (Fsp3) is 0.316. The molecule has 0 aliphatic heterocycles. The molecule has 0 unspecified atom stereocenters. The van der Waals surface area contributed by atoms with Crippen molar-refractivity contribution >= 4 is 33.7 Å². The smallest absolute Gasteiger partial charge is 0.296 e. The highest BCUT2D eigenvalue weighted by Gasteiger charge is 2.19. The van der Waals surface area contributed by atoms with Crippen LogP contribution >= 0.6 is 11.6 Å². The van der Waals surface area contributed by atoms with Crippen molar-refractivity contribution in [2.75, 3.05) is 0 Å². The van der Waals surface area contributed by atoms with Gasteiger partial charge in [0.15, 0.2) is 5.65 Å². The average Bonchev–Trinajstić information content (AvgIpc) is 3.15. The number of unbranched alkanes of at least 4 members (excludes halogenated alkanes) is 2. The fourth-order valence-electron chi connectivity index (χ4n) is 3.37. The molecular weight excluding hydrogens is 350 g/mol. The number of imidazole rings is 1.